The number of nitriles is 1. The smallest absolute Gasteiger partial charge is 0.289 e. The average Bonchev–Trinajstić information content (AvgIpc) is 3.46. The fraction of sp³-hybridized carbons (Fsp3) is 0.286. The first-order valence-corrected chi connectivity index (χ1v) is 12.3. The summed E-state index contributed by atoms with van der Waals surface area (Å²) in [6, 6.07) is 11.2. The van der Waals surface area contributed by atoms with Crippen LogP contribution in [0.2, 0.25) is 0 Å². The van der Waals surface area contributed by atoms with Crippen molar-refractivity contribution in [2.24, 2.45) is 7.05 Å². The minimum Gasteiger partial charge on any atom is -0.455 e. The Morgan fingerprint density at radius 3 is 2.50 bits per heavy atom. The number of thioether (sulfide) groups is 1. The summed E-state index contributed by atoms with van der Waals surface area (Å²) in [5.41, 5.74) is 0.399. The Morgan fingerprint density at radius 1 is 1.16 bits per heavy atom. The number of rotatable bonds is 6. The second-order valence-corrected chi connectivity index (χ2v) is 10.1. The van der Waals surface area contributed by atoms with Gasteiger partial charge in [0.25, 0.3) is 5.91 Å². The summed E-state index contributed by atoms with van der Waals surface area (Å²) in [5.74, 6) is 1.20. The molecule has 0 saturated carbocycles. The predicted octanol–water partition coefficient (Wildman–Crippen LogP) is 2.32. The van der Waals surface area contributed by atoms with Gasteiger partial charge in [-0.15, -0.1) is 0 Å². The Labute approximate surface area is 190 Å². The van der Waals surface area contributed by atoms with E-state index < -0.39 is 10.0 Å². The van der Waals surface area contributed by atoms with Crippen molar-refractivity contribution in [3.63, 3.8) is 0 Å². The number of furan rings is 1. The number of carbonyl (C=O) groups excluding carboxylic acids is 1. The highest BCUT2D eigenvalue weighted by Gasteiger charge is 2.31. The Morgan fingerprint density at radius 2 is 1.88 bits per heavy atom. The van der Waals surface area contributed by atoms with Crippen LogP contribution >= 0.6 is 11.8 Å². The lowest BCUT2D eigenvalue weighted by molar-refractivity contribution is 0.0664. The fourth-order valence-corrected chi connectivity index (χ4v) is 5.58. The van der Waals surface area contributed by atoms with Crippen molar-refractivity contribution in [3.8, 4) is 6.07 Å². The van der Waals surface area contributed by atoms with Crippen molar-refractivity contribution >= 4 is 27.7 Å². The minimum atomic E-state index is -3.68. The maximum Gasteiger partial charge on any atom is 0.289 e. The van der Waals surface area contributed by atoms with Crippen molar-refractivity contribution in [3.05, 3.63) is 65.9 Å². The van der Waals surface area contributed by atoms with Gasteiger partial charge in [0.05, 0.1) is 22.3 Å². The van der Waals surface area contributed by atoms with Gasteiger partial charge in [-0.05, 0) is 36.4 Å². The zero-order chi connectivity index (χ0) is 22.7. The van der Waals surface area contributed by atoms with Crippen LogP contribution in [0.5, 0.6) is 0 Å². The molecule has 0 bridgehead atoms. The van der Waals surface area contributed by atoms with Gasteiger partial charge >= 0.3 is 0 Å². The molecule has 2 aromatic heterocycles. The second kappa shape index (κ2) is 9.20. The molecule has 0 N–H and O–H groups in total. The fourth-order valence-electron chi connectivity index (χ4n) is 3.34. The molecule has 1 aliphatic heterocycles. The molecule has 1 aromatic carbocycles. The van der Waals surface area contributed by atoms with Crippen LogP contribution in [-0.4, -0.2) is 59.3 Å². The maximum absolute atomic E-state index is 12.8. The van der Waals surface area contributed by atoms with Gasteiger partial charge in [-0.2, -0.15) is 9.57 Å². The minimum absolute atomic E-state index is 0.136. The zero-order valence-corrected chi connectivity index (χ0v) is 19.0. The van der Waals surface area contributed by atoms with E-state index in [2.05, 4.69) is 4.98 Å². The van der Waals surface area contributed by atoms with Gasteiger partial charge in [0.2, 0.25) is 10.0 Å². The molecule has 1 amide bonds. The van der Waals surface area contributed by atoms with Crippen molar-refractivity contribution in [2.75, 3.05) is 26.2 Å². The number of amides is 1. The molecular weight excluding hydrogens is 450 g/mol. The van der Waals surface area contributed by atoms with Crippen molar-refractivity contribution in [2.45, 2.75) is 15.8 Å². The third-order valence-electron chi connectivity index (χ3n) is 5.14. The number of sulfonamides is 1. The van der Waals surface area contributed by atoms with Crippen LogP contribution in [-0.2, 0) is 22.8 Å². The van der Waals surface area contributed by atoms with E-state index in [4.69, 9.17) is 9.68 Å². The molecule has 0 spiro atoms. The standard InChI is InChI=1S/C21H21N5O4S2/c1-24-9-8-23-21(24)31-15-17-4-7-19(30-17)20(27)25-10-12-26(13-11-25)32(28,29)18-5-2-16(14-22)3-6-18/h2-9H,10-13,15H2,1H3. The number of benzene rings is 1. The largest absolute Gasteiger partial charge is 0.455 e. The van der Waals surface area contributed by atoms with E-state index in [0.717, 1.165) is 5.16 Å². The molecule has 0 unspecified atom stereocenters. The highest BCUT2D eigenvalue weighted by molar-refractivity contribution is 7.98. The number of aryl methyl sites for hydroxylation is 1. The number of nitrogens with zero attached hydrogens (tertiary/aromatic N) is 5. The highest BCUT2D eigenvalue weighted by atomic mass is 32.2. The molecular formula is C21H21N5O4S2. The van der Waals surface area contributed by atoms with E-state index in [1.807, 2.05) is 23.9 Å². The molecule has 4 rings (SSSR count). The van der Waals surface area contributed by atoms with Gasteiger partial charge in [-0.1, -0.05) is 11.8 Å². The van der Waals surface area contributed by atoms with E-state index in [-0.39, 0.29) is 42.7 Å². The molecule has 166 valence electrons. The van der Waals surface area contributed by atoms with E-state index in [1.165, 1.54) is 40.3 Å². The lowest BCUT2D eigenvalue weighted by Gasteiger charge is -2.33. The zero-order valence-electron chi connectivity index (χ0n) is 17.3. The van der Waals surface area contributed by atoms with Crippen LogP contribution in [0.1, 0.15) is 21.9 Å². The highest BCUT2D eigenvalue weighted by Crippen LogP contribution is 2.23. The topological polar surface area (TPSA) is 112 Å². The van der Waals surface area contributed by atoms with Gasteiger partial charge in [0.15, 0.2) is 10.9 Å². The Balaban J connectivity index is 1.35. The molecule has 9 nitrogen and oxygen atoms in total. The van der Waals surface area contributed by atoms with Gasteiger partial charge in [-0.3, -0.25) is 4.79 Å². The first-order chi connectivity index (χ1) is 15.4. The summed E-state index contributed by atoms with van der Waals surface area (Å²) < 4.78 is 34.7. The van der Waals surface area contributed by atoms with E-state index in [0.29, 0.717) is 17.1 Å². The third kappa shape index (κ3) is 4.57. The Hall–Kier alpha value is -3.07. The molecule has 32 heavy (non-hydrogen) atoms. The molecule has 0 radical (unpaired) electrons. The SMILES string of the molecule is Cn1ccnc1SCc1ccc(C(=O)N2CCN(S(=O)(=O)c3ccc(C#N)cc3)CC2)o1. The van der Waals surface area contributed by atoms with Crippen molar-refractivity contribution in [1.29, 1.82) is 5.26 Å². The summed E-state index contributed by atoms with van der Waals surface area (Å²) in [6.07, 6.45) is 3.58. The summed E-state index contributed by atoms with van der Waals surface area (Å²) in [6.45, 7) is 0.923. The molecule has 1 fully saturated rings. The number of aromatic nitrogens is 2. The van der Waals surface area contributed by atoms with Gasteiger partial charge < -0.3 is 13.9 Å². The third-order valence-corrected chi connectivity index (χ3v) is 8.13. The Kier molecular flexibility index (Phi) is 6.36. The predicted molar refractivity (Wildman–Crippen MR) is 117 cm³/mol. The summed E-state index contributed by atoms with van der Waals surface area (Å²) in [7, 11) is -1.77. The lowest BCUT2D eigenvalue weighted by Crippen LogP contribution is -2.50. The molecule has 3 aromatic rings. The van der Waals surface area contributed by atoms with Gasteiger partial charge in [0.1, 0.15) is 5.76 Å². The number of imidazole rings is 1. The lowest BCUT2D eigenvalue weighted by atomic mass is 10.2. The quantitative estimate of drug-likeness (QED) is 0.507. The summed E-state index contributed by atoms with van der Waals surface area (Å²) >= 11 is 1.51. The molecule has 0 aliphatic carbocycles. The monoisotopic (exact) mass is 471 g/mol. The number of hydrogen-bond acceptors (Lipinski definition) is 7. The van der Waals surface area contributed by atoms with E-state index in [1.54, 1.807) is 23.2 Å². The number of piperazine rings is 1. The van der Waals surface area contributed by atoms with E-state index in [9.17, 15) is 13.2 Å². The van der Waals surface area contributed by atoms with Crippen LogP contribution in [0.4, 0.5) is 0 Å². The van der Waals surface area contributed by atoms with Gasteiger partial charge in [-0.25, -0.2) is 13.4 Å². The average molecular weight is 472 g/mol. The van der Waals surface area contributed by atoms with Crippen LogP contribution in [0, 0.1) is 11.3 Å². The van der Waals surface area contributed by atoms with Crippen LogP contribution < -0.4 is 0 Å². The number of hydrogen-bond donors (Lipinski definition) is 0. The summed E-state index contributed by atoms with van der Waals surface area (Å²) in [5, 5.41) is 9.74. The molecule has 1 aliphatic rings. The maximum atomic E-state index is 12.8. The molecule has 1 saturated heterocycles. The Bertz CT molecular complexity index is 1250. The van der Waals surface area contributed by atoms with Gasteiger partial charge in [0, 0.05) is 45.6 Å². The van der Waals surface area contributed by atoms with Crippen molar-refractivity contribution < 1.29 is 17.6 Å². The van der Waals surface area contributed by atoms with E-state index >= 15 is 0 Å². The number of carbonyl (C=O) groups is 1. The van der Waals surface area contributed by atoms with Crippen LogP contribution in [0.15, 0.2) is 63.3 Å². The van der Waals surface area contributed by atoms with Crippen LogP contribution in [0.3, 0.4) is 0 Å². The normalized spacial score (nSPS) is 14.9. The van der Waals surface area contributed by atoms with Crippen LogP contribution in [0.25, 0.3) is 0 Å². The molecule has 3 heterocycles. The summed E-state index contributed by atoms with van der Waals surface area (Å²) in [4.78, 5) is 18.8. The molecule has 11 heteroatoms. The first kappa shape index (κ1) is 22.1. The molecule has 0 atom stereocenters. The first-order valence-electron chi connectivity index (χ1n) is 9.87. The second-order valence-electron chi connectivity index (χ2n) is 7.21. The van der Waals surface area contributed by atoms with Crippen molar-refractivity contribution in [1.82, 2.24) is 18.8 Å².